The van der Waals surface area contributed by atoms with Gasteiger partial charge in [-0.25, -0.2) is 0 Å². The Hall–Kier alpha value is -1.52. The number of amides is 1. The number of nitrogens with two attached hydrogens (primary N) is 1. The minimum absolute atomic E-state index is 0.192. The van der Waals surface area contributed by atoms with Crippen molar-refractivity contribution in [1.29, 1.82) is 0 Å². The van der Waals surface area contributed by atoms with Gasteiger partial charge in [-0.1, -0.05) is 11.6 Å². The van der Waals surface area contributed by atoms with Crippen LogP contribution in [-0.4, -0.2) is 5.91 Å². The van der Waals surface area contributed by atoms with Crippen molar-refractivity contribution < 1.29 is 4.79 Å². The Morgan fingerprint density at radius 1 is 1.33 bits per heavy atom. The molecule has 0 aliphatic heterocycles. The van der Waals surface area contributed by atoms with Crippen LogP contribution in [0.2, 0.25) is 5.02 Å². The van der Waals surface area contributed by atoms with E-state index in [0.29, 0.717) is 21.3 Å². The van der Waals surface area contributed by atoms with Gasteiger partial charge in [-0.2, -0.15) is 0 Å². The molecule has 0 aliphatic carbocycles. The van der Waals surface area contributed by atoms with Crippen LogP contribution in [0.5, 0.6) is 0 Å². The van der Waals surface area contributed by atoms with Crippen molar-refractivity contribution in [2.75, 3.05) is 11.1 Å². The molecular formula is C13H13ClN2OS. The number of anilines is 2. The van der Waals surface area contributed by atoms with Crippen molar-refractivity contribution in [2.24, 2.45) is 0 Å². The highest BCUT2D eigenvalue weighted by Gasteiger charge is 2.14. The van der Waals surface area contributed by atoms with Crippen LogP contribution in [0.3, 0.4) is 0 Å². The molecule has 2 aromatic rings. The second-order valence-corrected chi connectivity index (χ2v) is 5.34. The molecule has 1 aromatic heterocycles. The van der Waals surface area contributed by atoms with Crippen LogP contribution in [0.4, 0.5) is 11.4 Å². The summed E-state index contributed by atoms with van der Waals surface area (Å²) >= 11 is 7.40. The summed E-state index contributed by atoms with van der Waals surface area (Å²) in [7, 11) is 0. The quantitative estimate of drug-likeness (QED) is 0.821. The lowest BCUT2D eigenvalue weighted by Gasteiger charge is -2.06. The Balaban J connectivity index is 2.21. The zero-order valence-corrected chi connectivity index (χ0v) is 11.7. The van der Waals surface area contributed by atoms with Crippen LogP contribution in [0.1, 0.15) is 20.8 Å². The minimum Gasteiger partial charge on any atom is -0.399 e. The number of rotatable bonds is 2. The third-order valence-electron chi connectivity index (χ3n) is 2.63. The van der Waals surface area contributed by atoms with Gasteiger partial charge in [-0.15, -0.1) is 11.3 Å². The van der Waals surface area contributed by atoms with E-state index in [2.05, 4.69) is 5.32 Å². The average Bonchev–Trinajstić information content (AvgIpc) is 2.65. The van der Waals surface area contributed by atoms with Gasteiger partial charge in [0, 0.05) is 11.4 Å². The highest BCUT2D eigenvalue weighted by Crippen LogP contribution is 2.28. The Kier molecular flexibility index (Phi) is 3.59. The average molecular weight is 281 g/mol. The zero-order chi connectivity index (χ0) is 13.3. The number of nitrogen functional groups attached to an aromatic ring is 1. The summed E-state index contributed by atoms with van der Waals surface area (Å²) in [4.78, 5) is 12.6. The van der Waals surface area contributed by atoms with Gasteiger partial charge in [0.1, 0.15) is 4.88 Å². The van der Waals surface area contributed by atoms with Crippen molar-refractivity contribution in [3.63, 3.8) is 0 Å². The summed E-state index contributed by atoms with van der Waals surface area (Å²) in [6.07, 6.45) is 0. The monoisotopic (exact) mass is 280 g/mol. The van der Waals surface area contributed by atoms with E-state index in [0.717, 1.165) is 11.1 Å². The number of aryl methyl sites for hydroxylation is 2. The molecular weight excluding hydrogens is 268 g/mol. The van der Waals surface area contributed by atoms with Crippen LogP contribution in [0, 0.1) is 13.8 Å². The second kappa shape index (κ2) is 5.00. The number of hydrogen-bond acceptors (Lipinski definition) is 3. The van der Waals surface area contributed by atoms with Crippen LogP contribution < -0.4 is 11.1 Å². The number of nitrogens with one attached hydrogen (secondary N) is 1. The zero-order valence-electron chi connectivity index (χ0n) is 10.1. The summed E-state index contributed by atoms with van der Waals surface area (Å²) in [5.74, 6) is -0.192. The first kappa shape index (κ1) is 12.9. The van der Waals surface area contributed by atoms with E-state index in [9.17, 15) is 4.79 Å². The smallest absolute Gasteiger partial charge is 0.267 e. The number of halogens is 1. The predicted molar refractivity (Wildman–Crippen MR) is 77.6 cm³/mol. The van der Waals surface area contributed by atoms with E-state index in [1.165, 1.54) is 11.3 Å². The van der Waals surface area contributed by atoms with Crippen molar-refractivity contribution in [1.82, 2.24) is 0 Å². The van der Waals surface area contributed by atoms with E-state index in [4.69, 9.17) is 17.3 Å². The molecule has 1 aromatic carbocycles. The lowest BCUT2D eigenvalue weighted by Crippen LogP contribution is -2.11. The Morgan fingerprint density at radius 2 is 2.06 bits per heavy atom. The fourth-order valence-corrected chi connectivity index (χ4v) is 2.70. The van der Waals surface area contributed by atoms with E-state index in [1.54, 1.807) is 12.1 Å². The molecule has 0 unspecified atom stereocenters. The van der Waals surface area contributed by atoms with Crippen molar-refractivity contribution in [3.8, 4) is 0 Å². The largest absolute Gasteiger partial charge is 0.399 e. The fourth-order valence-electron chi connectivity index (χ4n) is 1.52. The first-order valence-corrected chi connectivity index (χ1v) is 6.66. The van der Waals surface area contributed by atoms with Gasteiger partial charge in [0.2, 0.25) is 0 Å². The number of carbonyl (C=O) groups is 1. The van der Waals surface area contributed by atoms with E-state index < -0.39 is 0 Å². The van der Waals surface area contributed by atoms with Crippen molar-refractivity contribution in [3.05, 3.63) is 44.6 Å². The van der Waals surface area contributed by atoms with Crippen molar-refractivity contribution in [2.45, 2.75) is 13.8 Å². The lowest BCUT2D eigenvalue weighted by atomic mass is 10.2. The first-order chi connectivity index (χ1) is 8.49. The number of benzene rings is 1. The summed E-state index contributed by atoms with van der Waals surface area (Å²) in [5, 5.41) is 5.20. The van der Waals surface area contributed by atoms with Gasteiger partial charge >= 0.3 is 0 Å². The highest BCUT2D eigenvalue weighted by atomic mass is 35.5. The van der Waals surface area contributed by atoms with Crippen LogP contribution in [0.15, 0.2) is 23.6 Å². The molecule has 3 nitrogen and oxygen atoms in total. The summed E-state index contributed by atoms with van der Waals surface area (Å²) in [6, 6.07) is 5.38. The number of thiophene rings is 1. The van der Waals surface area contributed by atoms with Gasteiger partial charge in [0.25, 0.3) is 5.91 Å². The predicted octanol–water partition coefficient (Wildman–Crippen LogP) is 3.85. The minimum atomic E-state index is -0.192. The maximum atomic E-state index is 12.0. The van der Waals surface area contributed by atoms with Crippen LogP contribution in [-0.2, 0) is 0 Å². The molecule has 0 spiro atoms. The molecule has 0 saturated heterocycles. The topological polar surface area (TPSA) is 55.1 Å². The maximum absolute atomic E-state index is 12.0. The molecule has 0 bridgehead atoms. The number of hydrogen-bond donors (Lipinski definition) is 2. The number of carbonyl (C=O) groups excluding carboxylic acids is 1. The lowest BCUT2D eigenvalue weighted by molar-refractivity contribution is 0.103. The summed E-state index contributed by atoms with van der Waals surface area (Å²) in [5.41, 5.74) is 9.00. The standard InChI is InChI=1S/C13H13ClN2OS/c1-7-5-9(3-4-10(7)15)16-13(17)12-11(14)8(2)6-18-12/h3-6H,15H2,1-2H3,(H,16,17). The second-order valence-electron chi connectivity index (χ2n) is 4.09. The molecule has 0 radical (unpaired) electrons. The Bertz CT molecular complexity index is 607. The molecule has 18 heavy (non-hydrogen) atoms. The molecule has 0 atom stereocenters. The van der Waals surface area contributed by atoms with E-state index >= 15 is 0 Å². The summed E-state index contributed by atoms with van der Waals surface area (Å²) < 4.78 is 0. The van der Waals surface area contributed by atoms with Crippen LogP contribution in [0.25, 0.3) is 0 Å². The molecule has 1 amide bonds. The molecule has 5 heteroatoms. The first-order valence-electron chi connectivity index (χ1n) is 5.40. The van der Waals surface area contributed by atoms with E-state index in [1.807, 2.05) is 25.3 Å². The molecule has 2 rings (SSSR count). The molecule has 94 valence electrons. The van der Waals surface area contributed by atoms with Crippen molar-refractivity contribution >= 4 is 40.2 Å². The SMILES string of the molecule is Cc1cc(NC(=O)c2scc(C)c2Cl)ccc1N. The molecule has 3 N–H and O–H groups in total. The maximum Gasteiger partial charge on any atom is 0.267 e. The molecule has 0 fully saturated rings. The molecule has 0 aliphatic rings. The van der Waals surface area contributed by atoms with Gasteiger partial charge in [-0.05, 0) is 48.6 Å². The third-order valence-corrected chi connectivity index (χ3v) is 4.33. The Morgan fingerprint density at radius 3 is 2.61 bits per heavy atom. The molecule has 0 saturated carbocycles. The van der Waals surface area contributed by atoms with Gasteiger partial charge in [-0.3, -0.25) is 4.79 Å². The fraction of sp³-hybridized carbons (Fsp3) is 0.154. The summed E-state index contributed by atoms with van der Waals surface area (Å²) in [6.45, 7) is 3.77. The Labute approximate surface area is 115 Å². The third kappa shape index (κ3) is 2.49. The highest BCUT2D eigenvalue weighted by molar-refractivity contribution is 7.13. The van der Waals surface area contributed by atoms with Gasteiger partial charge in [0.05, 0.1) is 5.02 Å². The van der Waals surface area contributed by atoms with E-state index in [-0.39, 0.29) is 5.91 Å². The normalized spacial score (nSPS) is 10.4. The van der Waals surface area contributed by atoms with Gasteiger partial charge in [0.15, 0.2) is 0 Å². The van der Waals surface area contributed by atoms with Crippen LogP contribution >= 0.6 is 22.9 Å². The molecule has 1 heterocycles. The van der Waals surface area contributed by atoms with Gasteiger partial charge < -0.3 is 11.1 Å².